The molecule has 1 aliphatic rings. The molecule has 0 amide bonds. The fourth-order valence-corrected chi connectivity index (χ4v) is 4.43. The molecule has 3 aromatic rings. The van der Waals surface area contributed by atoms with Crippen LogP contribution in [0.3, 0.4) is 0 Å². The van der Waals surface area contributed by atoms with E-state index in [1.54, 1.807) is 0 Å². The second-order valence-corrected chi connectivity index (χ2v) is 8.58. The SMILES string of the molecule is Clc1ccc2c(N[C@H]3CC[C@@H](NCc4cccc(Br)c4)CC3)ccnc2c1. The molecule has 0 radical (unpaired) electrons. The Hall–Kier alpha value is -1.62. The first-order chi connectivity index (χ1) is 13.2. The molecule has 0 saturated heterocycles. The Morgan fingerprint density at radius 2 is 1.81 bits per heavy atom. The largest absolute Gasteiger partial charge is 0.382 e. The van der Waals surface area contributed by atoms with Gasteiger partial charge >= 0.3 is 0 Å². The molecule has 1 fully saturated rings. The average molecular weight is 445 g/mol. The smallest absolute Gasteiger partial charge is 0.0737 e. The zero-order valence-electron chi connectivity index (χ0n) is 15.1. The van der Waals surface area contributed by atoms with Crippen molar-refractivity contribution in [1.29, 1.82) is 0 Å². The minimum atomic E-state index is 0.509. The van der Waals surface area contributed by atoms with Crippen LogP contribution in [0.15, 0.2) is 59.2 Å². The van der Waals surface area contributed by atoms with Crippen molar-refractivity contribution in [3.63, 3.8) is 0 Å². The van der Waals surface area contributed by atoms with E-state index in [1.807, 2.05) is 18.3 Å². The second kappa shape index (κ2) is 8.59. The molecule has 140 valence electrons. The van der Waals surface area contributed by atoms with Crippen molar-refractivity contribution in [2.24, 2.45) is 0 Å². The van der Waals surface area contributed by atoms with Crippen LogP contribution in [0.2, 0.25) is 5.02 Å². The molecule has 1 saturated carbocycles. The zero-order valence-corrected chi connectivity index (χ0v) is 17.4. The lowest BCUT2D eigenvalue weighted by molar-refractivity contribution is 0.353. The number of fused-ring (bicyclic) bond motifs is 1. The third-order valence-corrected chi connectivity index (χ3v) is 6.00. The number of nitrogens with zero attached hydrogens (tertiary/aromatic N) is 1. The maximum Gasteiger partial charge on any atom is 0.0737 e. The lowest BCUT2D eigenvalue weighted by atomic mass is 9.90. The number of pyridine rings is 1. The van der Waals surface area contributed by atoms with E-state index in [4.69, 9.17) is 11.6 Å². The van der Waals surface area contributed by atoms with Crippen molar-refractivity contribution in [3.8, 4) is 0 Å². The maximum absolute atomic E-state index is 6.09. The lowest BCUT2D eigenvalue weighted by Gasteiger charge is -2.30. The molecule has 1 heterocycles. The van der Waals surface area contributed by atoms with Crippen LogP contribution >= 0.6 is 27.5 Å². The van der Waals surface area contributed by atoms with E-state index in [-0.39, 0.29) is 0 Å². The number of halogens is 2. The van der Waals surface area contributed by atoms with E-state index in [9.17, 15) is 0 Å². The van der Waals surface area contributed by atoms with Crippen LogP contribution in [0.25, 0.3) is 10.9 Å². The molecule has 0 aliphatic heterocycles. The molecule has 27 heavy (non-hydrogen) atoms. The van der Waals surface area contributed by atoms with Crippen LogP contribution in [0.4, 0.5) is 5.69 Å². The standard InChI is InChI=1S/C22H23BrClN3/c23-16-3-1-2-15(12-16)14-26-18-5-7-19(8-6-18)27-21-10-11-25-22-13-17(24)4-9-20(21)22/h1-4,9-13,18-19,26H,5-8,14H2,(H,25,27)/t18-,19+. The van der Waals surface area contributed by atoms with Crippen molar-refractivity contribution >= 4 is 44.1 Å². The molecular formula is C22H23BrClN3. The topological polar surface area (TPSA) is 37.0 Å². The Morgan fingerprint density at radius 1 is 1.00 bits per heavy atom. The van der Waals surface area contributed by atoms with E-state index >= 15 is 0 Å². The Labute approximate surface area is 173 Å². The summed E-state index contributed by atoms with van der Waals surface area (Å²) in [5.41, 5.74) is 3.42. The normalized spacial score (nSPS) is 19.9. The van der Waals surface area contributed by atoms with Crippen LogP contribution < -0.4 is 10.6 Å². The third-order valence-electron chi connectivity index (χ3n) is 5.28. The molecule has 0 unspecified atom stereocenters. The predicted octanol–water partition coefficient (Wildman–Crippen LogP) is 6.16. The Bertz CT molecular complexity index is 922. The highest BCUT2D eigenvalue weighted by atomic mass is 79.9. The van der Waals surface area contributed by atoms with Crippen LogP contribution in [0, 0.1) is 0 Å². The first-order valence-electron chi connectivity index (χ1n) is 9.46. The first-order valence-corrected chi connectivity index (χ1v) is 10.6. The number of hydrogen-bond acceptors (Lipinski definition) is 3. The number of hydrogen-bond donors (Lipinski definition) is 2. The second-order valence-electron chi connectivity index (χ2n) is 7.22. The Morgan fingerprint density at radius 3 is 2.63 bits per heavy atom. The van der Waals surface area contributed by atoms with Gasteiger partial charge in [0, 0.05) is 45.4 Å². The minimum Gasteiger partial charge on any atom is -0.382 e. The summed E-state index contributed by atoms with van der Waals surface area (Å²) in [5, 5.41) is 9.30. The fourth-order valence-electron chi connectivity index (χ4n) is 3.82. The van der Waals surface area contributed by atoms with Crippen LogP contribution in [0.5, 0.6) is 0 Å². The van der Waals surface area contributed by atoms with Gasteiger partial charge in [-0.1, -0.05) is 39.7 Å². The molecular weight excluding hydrogens is 422 g/mol. The summed E-state index contributed by atoms with van der Waals surface area (Å²) >= 11 is 9.63. The van der Waals surface area contributed by atoms with E-state index in [2.05, 4.69) is 67.9 Å². The number of nitrogens with one attached hydrogen (secondary N) is 2. The molecule has 1 aromatic heterocycles. The highest BCUT2D eigenvalue weighted by molar-refractivity contribution is 9.10. The van der Waals surface area contributed by atoms with E-state index < -0.39 is 0 Å². The summed E-state index contributed by atoms with van der Waals surface area (Å²) in [5.74, 6) is 0. The highest BCUT2D eigenvalue weighted by Crippen LogP contribution is 2.28. The Kier molecular flexibility index (Phi) is 5.96. The molecule has 5 heteroatoms. The van der Waals surface area contributed by atoms with Gasteiger partial charge in [0.05, 0.1) is 5.52 Å². The highest BCUT2D eigenvalue weighted by Gasteiger charge is 2.21. The van der Waals surface area contributed by atoms with Crippen LogP contribution in [0.1, 0.15) is 31.2 Å². The van der Waals surface area contributed by atoms with Crippen molar-refractivity contribution in [2.45, 2.75) is 44.3 Å². The van der Waals surface area contributed by atoms with Gasteiger partial charge in [0.15, 0.2) is 0 Å². The van der Waals surface area contributed by atoms with Gasteiger partial charge in [0.2, 0.25) is 0 Å². The molecule has 4 rings (SSSR count). The molecule has 2 N–H and O–H groups in total. The van der Waals surface area contributed by atoms with Gasteiger partial charge in [-0.3, -0.25) is 4.98 Å². The summed E-state index contributed by atoms with van der Waals surface area (Å²) in [7, 11) is 0. The number of rotatable bonds is 5. The fraction of sp³-hybridized carbons (Fsp3) is 0.318. The van der Waals surface area contributed by atoms with E-state index in [0.717, 1.165) is 32.6 Å². The Balaban J connectivity index is 1.32. The monoisotopic (exact) mass is 443 g/mol. The number of aromatic nitrogens is 1. The zero-order chi connectivity index (χ0) is 18.6. The van der Waals surface area contributed by atoms with Crippen molar-refractivity contribution < 1.29 is 0 Å². The lowest BCUT2D eigenvalue weighted by Crippen LogP contribution is -2.36. The predicted molar refractivity (Wildman–Crippen MR) is 117 cm³/mol. The quantitative estimate of drug-likeness (QED) is 0.494. The van der Waals surface area contributed by atoms with Crippen LogP contribution in [-0.2, 0) is 6.54 Å². The van der Waals surface area contributed by atoms with Crippen molar-refractivity contribution in [2.75, 3.05) is 5.32 Å². The molecule has 2 aromatic carbocycles. The average Bonchev–Trinajstić information content (AvgIpc) is 2.67. The first kappa shape index (κ1) is 18.7. The van der Waals surface area contributed by atoms with Crippen LogP contribution in [-0.4, -0.2) is 17.1 Å². The van der Waals surface area contributed by atoms with Gasteiger partial charge in [0.25, 0.3) is 0 Å². The van der Waals surface area contributed by atoms with E-state index in [1.165, 1.54) is 31.2 Å². The molecule has 3 nitrogen and oxygen atoms in total. The summed E-state index contributed by atoms with van der Waals surface area (Å²) in [6, 6.07) is 17.6. The molecule has 0 atom stereocenters. The molecule has 1 aliphatic carbocycles. The minimum absolute atomic E-state index is 0.509. The molecule has 0 spiro atoms. The van der Waals surface area contributed by atoms with Gasteiger partial charge in [-0.15, -0.1) is 0 Å². The molecule has 0 bridgehead atoms. The van der Waals surface area contributed by atoms with Gasteiger partial charge in [-0.2, -0.15) is 0 Å². The summed E-state index contributed by atoms with van der Waals surface area (Å²) in [4.78, 5) is 4.43. The van der Waals surface area contributed by atoms with Gasteiger partial charge in [-0.05, 0) is 67.6 Å². The third kappa shape index (κ3) is 4.81. The number of benzene rings is 2. The summed E-state index contributed by atoms with van der Waals surface area (Å²) in [6.45, 7) is 0.929. The van der Waals surface area contributed by atoms with Gasteiger partial charge in [0.1, 0.15) is 0 Å². The van der Waals surface area contributed by atoms with Crippen molar-refractivity contribution in [3.05, 3.63) is 69.8 Å². The number of anilines is 1. The van der Waals surface area contributed by atoms with Gasteiger partial charge in [-0.25, -0.2) is 0 Å². The van der Waals surface area contributed by atoms with Crippen molar-refractivity contribution in [1.82, 2.24) is 10.3 Å². The van der Waals surface area contributed by atoms with E-state index in [0.29, 0.717) is 12.1 Å². The van der Waals surface area contributed by atoms with Gasteiger partial charge < -0.3 is 10.6 Å². The maximum atomic E-state index is 6.09. The summed E-state index contributed by atoms with van der Waals surface area (Å²) in [6.07, 6.45) is 6.59. The summed E-state index contributed by atoms with van der Waals surface area (Å²) < 4.78 is 1.14.